The fourth-order valence-electron chi connectivity index (χ4n) is 4.20. The topological polar surface area (TPSA) is 34.5 Å². The molecule has 1 aliphatic carbocycles. The summed E-state index contributed by atoms with van der Waals surface area (Å²) in [6, 6.07) is 15.4. The van der Waals surface area contributed by atoms with Crippen molar-refractivity contribution < 1.29 is 4.84 Å². The maximum atomic E-state index is 5.64. The van der Waals surface area contributed by atoms with Crippen LogP contribution in [0.3, 0.4) is 0 Å². The average Bonchev–Trinajstić information content (AvgIpc) is 3.37. The van der Waals surface area contributed by atoms with Crippen LogP contribution >= 0.6 is 11.3 Å². The zero-order valence-electron chi connectivity index (χ0n) is 19.7. The molecule has 2 aromatic carbocycles. The second-order valence-electron chi connectivity index (χ2n) is 9.27. The van der Waals surface area contributed by atoms with E-state index in [4.69, 9.17) is 9.82 Å². The highest BCUT2D eigenvalue weighted by Crippen LogP contribution is 2.37. The summed E-state index contributed by atoms with van der Waals surface area (Å²) in [6.07, 6.45) is 7.25. The zero-order valence-corrected chi connectivity index (χ0v) is 20.5. The molecule has 0 spiro atoms. The van der Waals surface area contributed by atoms with Gasteiger partial charge in [-0.25, -0.2) is 4.98 Å². The van der Waals surface area contributed by atoms with Crippen LogP contribution in [-0.2, 0) is 17.7 Å². The molecule has 0 saturated heterocycles. The number of nitrogens with zero attached hydrogens (tertiary/aromatic N) is 2. The summed E-state index contributed by atoms with van der Waals surface area (Å²) in [5.41, 5.74) is 8.51. The molecule has 1 aliphatic rings. The van der Waals surface area contributed by atoms with E-state index >= 15 is 0 Å². The van der Waals surface area contributed by atoms with Gasteiger partial charge in [0.05, 0.1) is 10.7 Å². The van der Waals surface area contributed by atoms with E-state index in [0.29, 0.717) is 5.92 Å². The lowest BCUT2D eigenvalue weighted by molar-refractivity contribution is 0.0863. The number of benzene rings is 2. The molecule has 32 heavy (non-hydrogen) atoms. The third-order valence-corrected chi connectivity index (χ3v) is 7.07. The molecule has 0 atom stereocenters. The minimum absolute atomic E-state index is 0.0723. The molecule has 3 nitrogen and oxygen atoms in total. The van der Waals surface area contributed by atoms with Gasteiger partial charge in [0.1, 0.15) is 11.8 Å². The number of thiazole rings is 1. The van der Waals surface area contributed by atoms with E-state index in [1.807, 2.05) is 13.8 Å². The number of hydrogen-bond acceptors (Lipinski definition) is 4. The summed E-state index contributed by atoms with van der Waals surface area (Å²) in [4.78, 5) is 10.4. The Labute approximate surface area is 196 Å². The predicted molar refractivity (Wildman–Crippen MR) is 136 cm³/mol. The molecule has 0 fully saturated rings. The Kier molecular flexibility index (Phi) is 7.41. The molecule has 4 rings (SSSR count). The first-order valence-electron chi connectivity index (χ1n) is 11.9. The Morgan fingerprint density at radius 1 is 0.844 bits per heavy atom. The second-order valence-corrected chi connectivity index (χ2v) is 10.2. The molecule has 168 valence electrons. The highest BCUT2D eigenvalue weighted by atomic mass is 32.1. The Bertz CT molecular complexity index is 1080. The van der Waals surface area contributed by atoms with Crippen LogP contribution in [0, 0.1) is 0 Å². The highest BCUT2D eigenvalue weighted by Gasteiger charge is 2.25. The van der Waals surface area contributed by atoms with Gasteiger partial charge >= 0.3 is 0 Å². The summed E-state index contributed by atoms with van der Waals surface area (Å²) < 4.78 is 0. The Morgan fingerprint density at radius 3 is 2.28 bits per heavy atom. The average molecular weight is 447 g/mol. The van der Waals surface area contributed by atoms with E-state index in [1.54, 1.807) is 11.3 Å². The highest BCUT2D eigenvalue weighted by molar-refractivity contribution is 7.09. The van der Waals surface area contributed by atoms with Crippen LogP contribution in [0.5, 0.6) is 0 Å². The largest absolute Gasteiger partial charge is 0.393 e. The first-order chi connectivity index (χ1) is 15.5. The first-order valence-corrected chi connectivity index (χ1v) is 12.8. The number of unbranched alkanes of at least 4 members (excludes halogenated alkanes) is 3. The van der Waals surface area contributed by atoms with Crippen molar-refractivity contribution >= 4 is 17.0 Å². The lowest BCUT2D eigenvalue weighted by Crippen LogP contribution is -2.04. The van der Waals surface area contributed by atoms with E-state index < -0.39 is 0 Å². The fraction of sp³-hybridized carbons (Fsp3) is 0.429. The molecule has 0 aliphatic heterocycles. The fourth-order valence-corrected chi connectivity index (χ4v) is 5.06. The molecular formula is C28H34N2OS. The number of hydrogen-bond donors (Lipinski definition) is 0. The maximum absolute atomic E-state index is 5.64. The normalized spacial score (nSPS) is 13.8. The molecule has 1 aromatic heterocycles. The van der Waals surface area contributed by atoms with Gasteiger partial charge < -0.3 is 4.84 Å². The van der Waals surface area contributed by atoms with E-state index in [-0.39, 0.29) is 6.10 Å². The standard InChI is InChI=1S/C28H34N2OS/c1-19(2)28-29-22(18-32-28)12-8-6-5-7-11-21-15-16-24-23-13-9-10-14-25(23)27(26(24)17-21)30-31-20(3)4/h9-10,13-20H,5-8,11-12H2,1-4H3. The van der Waals surface area contributed by atoms with E-state index in [2.05, 4.69) is 66.8 Å². The second kappa shape index (κ2) is 10.4. The Balaban J connectivity index is 1.32. The minimum Gasteiger partial charge on any atom is -0.393 e. The van der Waals surface area contributed by atoms with Gasteiger partial charge in [-0.15, -0.1) is 11.3 Å². The van der Waals surface area contributed by atoms with Crippen LogP contribution in [0.1, 0.15) is 86.7 Å². The summed E-state index contributed by atoms with van der Waals surface area (Å²) in [6.45, 7) is 8.46. The molecule has 1 heterocycles. The number of oxime groups is 1. The molecule has 0 N–H and O–H groups in total. The smallest absolute Gasteiger partial charge is 0.122 e. The van der Waals surface area contributed by atoms with Crippen molar-refractivity contribution in [3.63, 3.8) is 0 Å². The summed E-state index contributed by atoms with van der Waals surface area (Å²) in [5, 5.41) is 8.02. The molecule has 0 amide bonds. The number of fused-ring (bicyclic) bond motifs is 3. The van der Waals surface area contributed by atoms with Crippen LogP contribution in [0.15, 0.2) is 53.0 Å². The molecule has 3 aromatic rings. The van der Waals surface area contributed by atoms with Gasteiger partial charge in [-0.2, -0.15) is 0 Å². The first kappa shape index (κ1) is 22.7. The van der Waals surface area contributed by atoms with Crippen molar-refractivity contribution in [3.05, 3.63) is 75.2 Å². The molecular weight excluding hydrogens is 412 g/mol. The third kappa shape index (κ3) is 5.29. The maximum Gasteiger partial charge on any atom is 0.122 e. The predicted octanol–water partition coefficient (Wildman–Crippen LogP) is 7.77. The van der Waals surface area contributed by atoms with Gasteiger partial charge in [-0.05, 0) is 62.3 Å². The van der Waals surface area contributed by atoms with Crippen LogP contribution in [0.25, 0.3) is 11.1 Å². The Hall–Kier alpha value is -2.46. The van der Waals surface area contributed by atoms with Crippen molar-refractivity contribution in [2.75, 3.05) is 0 Å². The lowest BCUT2D eigenvalue weighted by Gasteiger charge is -2.08. The van der Waals surface area contributed by atoms with Gasteiger partial charge in [-0.3, -0.25) is 0 Å². The van der Waals surface area contributed by atoms with Gasteiger partial charge in [0, 0.05) is 22.4 Å². The molecule has 4 heteroatoms. The molecule has 0 radical (unpaired) electrons. The van der Waals surface area contributed by atoms with Crippen molar-refractivity contribution in [2.45, 2.75) is 78.2 Å². The number of aryl methyl sites for hydroxylation is 2. The summed E-state index contributed by atoms with van der Waals surface area (Å²) in [5.74, 6) is 0.538. The Morgan fingerprint density at radius 2 is 1.56 bits per heavy atom. The van der Waals surface area contributed by atoms with Gasteiger partial charge in [0.15, 0.2) is 0 Å². The van der Waals surface area contributed by atoms with Crippen LogP contribution in [-0.4, -0.2) is 16.8 Å². The van der Waals surface area contributed by atoms with Crippen molar-refractivity contribution in [2.24, 2.45) is 5.16 Å². The molecule has 0 saturated carbocycles. The van der Waals surface area contributed by atoms with E-state index in [0.717, 1.165) is 18.6 Å². The van der Waals surface area contributed by atoms with E-state index in [1.165, 1.54) is 64.2 Å². The van der Waals surface area contributed by atoms with Crippen molar-refractivity contribution in [3.8, 4) is 11.1 Å². The van der Waals surface area contributed by atoms with Gasteiger partial charge in [-0.1, -0.05) is 68.2 Å². The van der Waals surface area contributed by atoms with Crippen molar-refractivity contribution in [1.29, 1.82) is 0 Å². The summed E-state index contributed by atoms with van der Waals surface area (Å²) >= 11 is 1.80. The molecule has 0 unspecified atom stereocenters. The monoisotopic (exact) mass is 446 g/mol. The van der Waals surface area contributed by atoms with Gasteiger partial charge in [0.25, 0.3) is 0 Å². The number of rotatable bonds is 10. The quantitative estimate of drug-likeness (QED) is 0.184. The zero-order chi connectivity index (χ0) is 22.5. The molecule has 0 bridgehead atoms. The SMILES string of the molecule is CC(C)ON=C1c2ccccc2-c2ccc(CCCCCCc3csc(C(C)C)n3)cc21. The third-order valence-electron chi connectivity index (χ3n) is 5.88. The van der Waals surface area contributed by atoms with Gasteiger partial charge in [0.2, 0.25) is 0 Å². The minimum atomic E-state index is 0.0723. The van der Waals surface area contributed by atoms with E-state index in [9.17, 15) is 0 Å². The number of aromatic nitrogens is 1. The summed E-state index contributed by atoms with van der Waals surface area (Å²) in [7, 11) is 0. The lowest BCUT2D eigenvalue weighted by atomic mass is 9.99. The van der Waals surface area contributed by atoms with Crippen LogP contribution in [0.4, 0.5) is 0 Å². The van der Waals surface area contributed by atoms with Crippen LogP contribution < -0.4 is 0 Å². The van der Waals surface area contributed by atoms with Crippen LogP contribution in [0.2, 0.25) is 0 Å². The van der Waals surface area contributed by atoms with Crippen molar-refractivity contribution in [1.82, 2.24) is 4.98 Å².